The summed E-state index contributed by atoms with van der Waals surface area (Å²) in [6.45, 7) is 0.462. The van der Waals surface area contributed by atoms with Gasteiger partial charge in [-0.3, -0.25) is 9.59 Å². The van der Waals surface area contributed by atoms with Crippen LogP contribution in [0.2, 0.25) is 0 Å². The number of nitrogens with zero attached hydrogens (tertiary/aromatic N) is 2. The molecular formula is C20H23N3O3. The van der Waals surface area contributed by atoms with Crippen molar-refractivity contribution in [3.05, 3.63) is 35.9 Å². The van der Waals surface area contributed by atoms with Crippen LogP contribution in [-0.2, 0) is 14.3 Å². The van der Waals surface area contributed by atoms with Crippen LogP contribution in [0.5, 0.6) is 0 Å². The number of hydrogen-bond acceptors (Lipinski definition) is 5. The van der Waals surface area contributed by atoms with Crippen LogP contribution < -0.4 is 5.32 Å². The molecule has 6 heteroatoms. The Kier molecular flexibility index (Phi) is 5.36. The number of methoxy groups -OCH3 is 1. The van der Waals surface area contributed by atoms with E-state index in [1.54, 1.807) is 0 Å². The molecule has 3 unspecified atom stereocenters. The molecule has 0 bridgehead atoms. The number of terminal acetylenes is 1. The van der Waals surface area contributed by atoms with Crippen LogP contribution in [0.1, 0.15) is 37.2 Å². The minimum Gasteiger partial charge on any atom is -0.469 e. The Balaban J connectivity index is 1.48. The molecule has 136 valence electrons. The van der Waals surface area contributed by atoms with Crippen molar-refractivity contribution >= 4 is 11.9 Å². The molecule has 6 nitrogen and oxygen atoms in total. The zero-order chi connectivity index (χ0) is 18.6. The molecule has 1 amide bonds. The van der Waals surface area contributed by atoms with Gasteiger partial charge in [-0.25, -0.2) is 0 Å². The molecule has 1 aliphatic heterocycles. The van der Waals surface area contributed by atoms with Crippen molar-refractivity contribution in [3.63, 3.8) is 0 Å². The lowest BCUT2D eigenvalue weighted by Gasteiger charge is -2.09. The molecule has 0 saturated heterocycles. The number of benzene rings is 1. The van der Waals surface area contributed by atoms with Gasteiger partial charge in [0.15, 0.2) is 5.66 Å². The van der Waals surface area contributed by atoms with Gasteiger partial charge in [-0.2, -0.15) is 10.2 Å². The van der Waals surface area contributed by atoms with Crippen LogP contribution >= 0.6 is 0 Å². The van der Waals surface area contributed by atoms with Gasteiger partial charge in [0, 0.05) is 38.1 Å². The molecule has 0 spiro atoms. The average molecular weight is 353 g/mol. The number of nitrogens with one attached hydrogen (secondary N) is 1. The lowest BCUT2D eigenvalue weighted by Crippen LogP contribution is -2.28. The Bertz CT molecular complexity index is 732. The maximum Gasteiger partial charge on any atom is 0.309 e. The lowest BCUT2D eigenvalue weighted by molar-refractivity contribution is -0.142. The van der Waals surface area contributed by atoms with Crippen LogP contribution in [0, 0.1) is 24.2 Å². The lowest BCUT2D eigenvalue weighted by atomic mass is 10.0. The van der Waals surface area contributed by atoms with Crippen molar-refractivity contribution in [2.24, 2.45) is 22.1 Å². The standard InChI is InChI=1S/C20H23N3O3/c1-3-4-11-20(22-23-20)12-10-16(24)21-13-15-17(18(15)19(25)26-2)14-8-6-5-7-9-14/h1,5-9,15,17-18H,4,10-13H2,2H3,(H,21,24). The first-order valence-electron chi connectivity index (χ1n) is 8.87. The molecule has 1 heterocycles. The number of hydrogen-bond donors (Lipinski definition) is 1. The van der Waals surface area contributed by atoms with Gasteiger partial charge in [0.05, 0.1) is 13.0 Å². The Morgan fingerprint density at radius 2 is 2.00 bits per heavy atom. The highest BCUT2D eigenvalue weighted by Crippen LogP contribution is 2.54. The van der Waals surface area contributed by atoms with E-state index in [9.17, 15) is 9.59 Å². The summed E-state index contributed by atoms with van der Waals surface area (Å²) in [5, 5.41) is 11.0. The molecule has 1 N–H and O–H groups in total. The van der Waals surface area contributed by atoms with E-state index >= 15 is 0 Å². The van der Waals surface area contributed by atoms with E-state index in [1.165, 1.54) is 7.11 Å². The summed E-state index contributed by atoms with van der Waals surface area (Å²) in [6, 6.07) is 9.87. The number of ether oxygens (including phenoxy) is 1. The Hall–Kier alpha value is -2.68. The maximum atomic E-state index is 12.2. The highest BCUT2D eigenvalue weighted by Gasteiger charge is 2.56. The van der Waals surface area contributed by atoms with Gasteiger partial charge >= 0.3 is 5.97 Å². The van der Waals surface area contributed by atoms with Crippen molar-refractivity contribution in [2.45, 2.75) is 37.3 Å². The molecule has 1 aliphatic carbocycles. The van der Waals surface area contributed by atoms with E-state index in [-0.39, 0.29) is 29.6 Å². The molecular weight excluding hydrogens is 330 g/mol. The molecule has 3 rings (SSSR count). The van der Waals surface area contributed by atoms with Crippen molar-refractivity contribution < 1.29 is 14.3 Å². The fourth-order valence-corrected chi connectivity index (χ4v) is 3.52. The monoisotopic (exact) mass is 353 g/mol. The van der Waals surface area contributed by atoms with E-state index < -0.39 is 5.66 Å². The molecule has 1 aromatic rings. The van der Waals surface area contributed by atoms with Gasteiger partial charge in [0.1, 0.15) is 0 Å². The zero-order valence-corrected chi connectivity index (χ0v) is 14.9. The summed E-state index contributed by atoms with van der Waals surface area (Å²) < 4.78 is 4.91. The van der Waals surface area contributed by atoms with Crippen LogP contribution in [-0.4, -0.2) is 31.2 Å². The fourth-order valence-electron chi connectivity index (χ4n) is 3.52. The molecule has 0 aromatic heterocycles. The van der Waals surface area contributed by atoms with E-state index in [2.05, 4.69) is 21.5 Å². The topological polar surface area (TPSA) is 80.1 Å². The average Bonchev–Trinajstić information content (AvgIpc) is 3.58. The second-order valence-electron chi connectivity index (χ2n) is 6.84. The van der Waals surface area contributed by atoms with Crippen molar-refractivity contribution in [1.29, 1.82) is 0 Å². The smallest absolute Gasteiger partial charge is 0.309 e. The largest absolute Gasteiger partial charge is 0.469 e. The Labute approximate surface area is 153 Å². The van der Waals surface area contributed by atoms with Crippen LogP contribution in [0.15, 0.2) is 40.6 Å². The predicted octanol–water partition coefficient (Wildman–Crippen LogP) is 2.66. The fraction of sp³-hybridized carbons (Fsp3) is 0.500. The van der Waals surface area contributed by atoms with Crippen LogP contribution in [0.25, 0.3) is 0 Å². The third kappa shape index (κ3) is 4.10. The first kappa shape index (κ1) is 18.1. The van der Waals surface area contributed by atoms with Gasteiger partial charge < -0.3 is 10.1 Å². The third-order valence-electron chi connectivity index (χ3n) is 5.17. The molecule has 0 radical (unpaired) electrons. The molecule has 3 atom stereocenters. The molecule has 2 aliphatic rings. The predicted molar refractivity (Wildman–Crippen MR) is 96.1 cm³/mol. The first-order chi connectivity index (χ1) is 12.6. The summed E-state index contributed by atoms with van der Waals surface area (Å²) in [7, 11) is 1.40. The van der Waals surface area contributed by atoms with Gasteiger partial charge in [0.25, 0.3) is 0 Å². The van der Waals surface area contributed by atoms with Crippen molar-refractivity contribution in [2.75, 3.05) is 13.7 Å². The van der Waals surface area contributed by atoms with Crippen LogP contribution in [0.4, 0.5) is 0 Å². The van der Waals surface area contributed by atoms with Gasteiger partial charge in [-0.05, 0) is 11.5 Å². The molecule has 26 heavy (non-hydrogen) atoms. The number of amides is 1. The first-order valence-corrected chi connectivity index (χ1v) is 8.87. The highest BCUT2D eigenvalue weighted by molar-refractivity contribution is 5.79. The second-order valence-corrected chi connectivity index (χ2v) is 6.84. The third-order valence-corrected chi connectivity index (χ3v) is 5.17. The maximum absolute atomic E-state index is 12.2. The van der Waals surface area contributed by atoms with Gasteiger partial charge in [-0.15, -0.1) is 12.3 Å². The summed E-state index contributed by atoms with van der Waals surface area (Å²) in [6.07, 6.45) is 7.50. The molecule has 1 aromatic carbocycles. The molecule has 1 saturated carbocycles. The van der Waals surface area contributed by atoms with E-state index in [0.29, 0.717) is 32.2 Å². The SMILES string of the molecule is C#CCCC1(CCC(=O)NCC2C(C(=O)OC)C2c2ccccc2)N=N1. The molecule has 1 fully saturated rings. The number of carbonyl (C=O) groups is 2. The summed E-state index contributed by atoms with van der Waals surface area (Å²) in [4.78, 5) is 24.2. The quantitative estimate of drug-likeness (QED) is 0.547. The number of rotatable bonds is 9. The minimum absolute atomic E-state index is 0.0512. The second kappa shape index (κ2) is 7.69. The van der Waals surface area contributed by atoms with Crippen molar-refractivity contribution in [3.8, 4) is 12.3 Å². The summed E-state index contributed by atoms with van der Waals surface area (Å²) in [5.74, 6) is 2.27. The van der Waals surface area contributed by atoms with Crippen LogP contribution in [0.3, 0.4) is 0 Å². The van der Waals surface area contributed by atoms with Gasteiger partial charge in [0.2, 0.25) is 5.91 Å². The van der Waals surface area contributed by atoms with Gasteiger partial charge in [-0.1, -0.05) is 30.3 Å². The number of esters is 1. The van der Waals surface area contributed by atoms with E-state index in [0.717, 1.165) is 5.56 Å². The summed E-state index contributed by atoms with van der Waals surface area (Å²) in [5.41, 5.74) is 0.663. The van der Waals surface area contributed by atoms with Crippen molar-refractivity contribution in [1.82, 2.24) is 5.32 Å². The Morgan fingerprint density at radius 3 is 2.62 bits per heavy atom. The normalized spacial score (nSPS) is 24.4. The van der Waals surface area contributed by atoms with E-state index in [4.69, 9.17) is 11.2 Å². The summed E-state index contributed by atoms with van der Waals surface area (Å²) >= 11 is 0. The number of carbonyl (C=O) groups excluding carboxylic acids is 2. The Morgan fingerprint density at radius 1 is 1.27 bits per heavy atom. The minimum atomic E-state index is -0.440. The highest BCUT2D eigenvalue weighted by atomic mass is 16.5. The van der Waals surface area contributed by atoms with E-state index in [1.807, 2.05) is 30.3 Å². The zero-order valence-electron chi connectivity index (χ0n) is 14.9.